The van der Waals surface area contributed by atoms with E-state index in [1.54, 1.807) is 42.4 Å². The van der Waals surface area contributed by atoms with Gasteiger partial charge < -0.3 is 4.74 Å². The third-order valence-electron chi connectivity index (χ3n) is 1.78. The van der Waals surface area contributed by atoms with Crippen molar-refractivity contribution < 1.29 is 14.3 Å². The molecule has 15 heavy (non-hydrogen) atoms. The molecule has 0 aliphatic carbocycles. The Balaban J connectivity index is 2.80. The predicted octanol–water partition coefficient (Wildman–Crippen LogP) is 1.87. The van der Waals surface area contributed by atoms with Crippen LogP contribution in [0.4, 0.5) is 0 Å². The smallest absolute Gasteiger partial charge is 0.337 e. The summed E-state index contributed by atoms with van der Waals surface area (Å²) in [6.45, 7) is 0. The molecule has 3 nitrogen and oxygen atoms in total. The van der Waals surface area contributed by atoms with Crippen molar-refractivity contribution >= 4 is 18.0 Å². The van der Waals surface area contributed by atoms with Crippen molar-refractivity contribution in [3.8, 4) is 0 Å². The summed E-state index contributed by atoms with van der Waals surface area (Å²) >= 11 is 0. The number of rotatable bonds is 3. The number of ether oxygens (including phenoxy) is 1. The highest BCUT2D eigenvalue weighted by Crippen LogP contribution is 2.07. The molecule has 0 bridgehead atoms. The van der Waals surface area contributed by atoms with Crippen molar-refractivity contribution in [3.05, 3.63) is 47.5 Å². The summed E-state index contributed by atoms with van der Waals surface area (Å²) in [5.41, 5.74) is 1.40. The summed E-state index contributed by atoms with van der Waals surface area (Å²) in [5, 5.41) is 0. The molecule has 76 valence electrons. The number of hydrogen-bond acceptors (Lipinski definition) is 3. The molecular weight excluding hydrogens is 192 g/mol. The van der Waals surface area contributed by atoms with Crippen LogP contribution in [0.25, 0.3) is 6.08 Å². The van der Waals surface area contributed by atoms with Gasteiger partial charge in [-0.3, -0.25) is 0 Å². The molecule has 0 aromatic heterocycles. The maximum atomic E-state index is 11.1. The molecule has 0 N–H and O–H groups in total. The number of benzene rings is 1. The maximum Gasteiger partial charge on any atom is 0.337 e. The quantitative estimate of drug-likeness (QED) is 0.427. The molecule has 0 saturated heterocycles. The van der Waals surface area contributed by atoms with E-state index in [2.05, 4.69) is 4.74 Å². The lowest BCUT2D eigenvalue weighted by atomic mass is 10.1. The molecular formula is C12H10O3. The standard InChI is InChI=1S/C12H10O3/c1-15-12(14)11-7-5-10(6-8-11)4-2-3-9-13/h2-8H,1H3. The van der Waals surface area contributed by atoms with Crippen LogP contribution in [0, 0.1) is 0 Å². The second-order valence-corrected chi connectivity index (χ2v) is 2.76. The second kappa shape index (κ2) is 5.58. The van der Waals surface area contributed by atoms with Gasteiger partial charge in [0.1, 0.15) is 5.94 Å². The predicted molar refractivity (Wildman–Crippen MR) is 57.1 cm³/mol. The van der Waals surface area contributed by atoms with Crippen molar-refractivity contribution in [1.82, 2.24) is 0 Å². The van der Waals surface area contributed by atoms with E-state index in [1.807, 2.05) is 0 Å². The summed E-state index contributed by atoms with van der Waals surface area (Å²) in [6.07, 6.45) is 4.60. The number of methoxy groups -OCH3 is 1. The van der Waals surface area contributed by atoms with E-state index < -0.39 is 0 Å². The molecule has 1 rings (SSSR count). The Morgan fingerprint density at radius 1 is 1.33 bits per heavy atom. The van der Waals surface area contributed by atoms with Crippen LogP contribution in [0.15, 0.2) is 36.4 Å². The van der Waals surface area contributed by atoms with Gasteiger partial charge in [-0.25, -0.2) is 9.59 Å². The molecule has 0 atom stereocenters. The third kappa shape index (κ3) is 3.25. The highest BCUT2D eigenvalue weighted by molar-refractivity contribution is 5.89. The summed E-state index contributed by atoms with van der Waals surface area (Å²) in [7, 11) is 1.34. The first kappa shape index (κ1) is 11.0. The van der Waals surface area contributed by atoms with Crippen molar-refractivity contribution in [1.29, 1.82) is 0 Å². The molecule has 0 saturated carbocycles. The Morgan fingerprint density at radius 3 is 2.53 bits per heavy atom. The topological polar surface area (TPSA) is 43.4 Å². The lowest BCUT2D eigenvalue weighted by Gasteiger charge is -1.98. The van der Waals surface area contributed by atoms with E-state index in [1.165, 1.54) is 13.2 Å². The Labute approximate surface area is 87.7 Å². The summed E-state index contributed by atoms with van der Waals surface area (Å²) in [5.74, 6) is 1.28. The van der Waals surface area contributed by atoms with Gasteiger partial charge in [-0.05, 0) is 17.7 Å². The van der Waals surface area contributed by atoms with E-state index in [-0.39, 0.29) is 5.97 Å². The average molecular weight is 202 g/mol. The first-order valence-corrected chi connectivity index (χ1v) is 4.34. The molecule has 0 radical (unpaired) electrons. The van der Waals surface area contributed by atoms with E-state index in [0.29, 0.717) is 5.56 Å². The van der Waals surface area contributed by atoms with Gasteiger partial charge in [0.25, 0.3) is 0 Å². The number of carbonyl (C=O) groups is 1. The molecule has 0 fully saturated rings. The normalized spacial score (nSPS) is 9.67. The molecule has 0 spiro atoms. The third-order valence-corrected chi connectivity index (χ3v) is 1.78. The SMILES string of the molecule is COC(=O)c1ccc(C=CC=C=O)cc1. The lowest BCUT2D eigenvalue weighted by molar-refractivity contribution is 0.0601. The Hall–Kier alpha value is -2.12. The van der Waals surface area contributed by atoms with Gasteiger partial charge >= 0.3 is 5.97 Å². The Bertz CT molecular complexity index is 409. The zero-order valence-electron chi connectivity index (χ0n) is 8.27. The zero-order chi connectivity index (χ0) is 11.1. The van der Waals surface area contributed by atoms with Crippen LogP contribution in [0.3, 0.4) is 0 Å². The Morgan fingerprint density at radius 2 is 2.00 bits per heavy atom. The fourth-order valence-electron chi connectivity index (χ4n) is 1.05. The molecule has 3 heteroatoms. The average Bonchev–Trinajstić information content (AvgIpc) is 2.29. The summed E-state index contributed by atoms with van der Waals surface area (Å²) in [4.78, 5) is 21.0. The van der Waals surface area contributed by atoms with Gasteiger partial charge in [0.15, 0.2) is 0 Å². The first-order chi connectivity index (χ1) is 7.27. The molecule has 0 unspecified atom stereocenters. The van der Waals surface area contributed by atoms with Crippen LogP contribution < -0.4 is 0 Å². The lowest BCUT2D eigenvalue weighted by Crippen LogP contribution is -2.00. The monoisotopic (exact) mass is 202 g/mol. The number of carbonyl (C=O) groups excluding carboxylic acids is 2. The zero-order valence-corrected chi connectivity index (χ0v) is 8.27. The second-order valence-electron chi connectivity index (χ2n) is 2.76. The van der Waals surface area contributed by atoms with Crippen molar-refractivity contribution in [2.45, 2.75) is 0 Å². The van der Waals surface area contributed by atoms with Gasteiger partial charge in [0, 0.05) is 6.08 Å². The fourth-order valence-corrected chi connectivity index (χ4v) is 1.05. The molecule has 1 aromatic rings. The molecule has 0 amide bonds. The van der Waals surface area contributed by atoms with Crippen LogP contribution in [0.2, 0.25) is 0 Å². The molecule has 0 aliphatic rings. The molecule has 1 aromatic carbocycles. The van der Waals surface area contributed by atoms with Gasteiger partial charge in [-0.2, -0.15) is 0 Å². The van der Waals surface area contributed by atoms with E-state index >= 15 is 0 Å². The highest BCUT2D eigenvalue weighted by Gasteiger charge is 2.02. The summed E-state index contributed by atoms with van der Waals surface area (Å²) in [6, 6.07) is 6.86. The van der Waals surface area contributed by atoms with Gasteiger partial charge in [0.2, 0.25) is 0 Å². The van der Waals surface area contributed by atoms with E-state index in [9.17, 15) is 9.59 Å². The van der Waals surface area contributed by atoms with Crippen LogP contribution in [-0.4, -0.2) is 19.0 Å². The number of hydrogen-bond donors (Lipinski definition) is 0. The van der Waals surface area contributed by atoms with Gasteiger partial charge in [0.05, 0.1) is 12.7 Å². The highest BCUT2D eigenvalue weighted by atomic mass is 16.5. The van der Waals surface area contributed by atoms with Crippen molar-refractivity contribution in [3.63, 3.8) is 0 Å². The minimum atomic E-state index is -0.363. The van der Waals surface area contributed by atoms with E-state index in [4.69, 9.17) is 0 Å². The van der Waals surface area contributed by atoms with Gasteiger partial charge in [-0.15, -0.1) is 0 Å². The minimum absolute atomic E-state index is 0.363. The largest absolute Gasteiger partial charge is 0.465 e. The van der Waals surface area contributed by atoms with Crippen LogP contribution >= 0.6 is 0 Å². The first-order valence-electron chi connectivity index (χ1n) is 4.34. The molecule has 0 aliphatic heterocycles. The van der Waals surface area contributed by atoms with Crippen molar-refractivity contribution in [2.75, 3.05) is 7.11 Å². The molecule has 0 heterocycles. The van der Waals surface area contributed by atoms with E-state index in [0.717, 1.165) is 5.56 Å². The number of allylic oxidation sites excluding steroid dienone is 2. The number of esters is 1. The maximum absolute atomic E-state index is 11.1. The van der Waals surface area contributed by atoms with Gasteiger partial charge in [-0.1, -0.05) is 24.3 Å². The van der Waals surface area contributed by atoms with Crippen LogP contribution in [0.1, 0.15) is 15.9 Å². The Kier molecular flexibility index (Phi) is 4.07. The summed E-state index contributed by atoms with van der Waals surface area (Å²) < 4.78 is 4.56. The van der Waals surface area contributed by atoms with Crippen LogP contribution in [-0.2, 0) is 9.53 Å². The minimum Gasteiger partial charge on any atom is -0.465 e. The van der Waals surface area contributed by atoms with Crippen LogP contribution in [0.5, 0.6) is 0 Å². The van der Waals surface area contributed by atoms with Crippen molar-refractivity contribution in [2.24, 2.45) is 0 Å². The fraction of sp³-hybridized carbons (Fsp3) is 0.0833.